The monoisotopic (exact) mass is 314 g/mol. The van der Waals surface area contributed by atoms with Crippen molar-refractivity contribution in [1.29, 1.82) is 0 Å². The number of carbonyl (C=O) groups is 1. The largest absolute Gasteiger partial charge is 0.480 e. The van der Waals surface area contributed by atoms with Gasteiger partial charge >= 0.3 is 0 Å². The molecule has 0 fully saturated rings. The molecular weight excluding hydrogens is 296 g/mol. The number of nitrogens with zero attached hydrogens (tertiary/aromatic N) is 1. The minimum Gasteiger partial charge on any atom is -0.480 e. The first kappa shape index (κ1) is 13.8. The second-order valence-electron chi connectivity index (χ2n) is 5.86. The van der Waals surface area contributed by atoms with Crippen molar-refractivity contribution in [3.05, 3.63) is 40.4 Å². The van der Waals surface area contributed by atoms with E-state index in [1.54, 1.807) is 11.3 Å². The minimum absolute atomic E-state index is 0.0971. The van der Waals surface area contributed by atoms with Crippen LogP contribution in [0.4, 0.5) is 5.13 Å². The average molecular weight is 314 g/mol. The lowest BCUT2D eigenvalue weighted by molar-refractivity contribution is -0.122. The second kappa shape index (κ2) is 5.72. The molecule has 0 saturated carbocycles. The molecule has 1 aliphatic carbocycles. The Morgan fingerprint density at radius 3 is 3.00 bits per heavy atom. The van der Waals surface area contributed by atoms with Crippen LogP contribution in [0.2, 0.25) is 0 Å². The van der Waals surface area contributed by atoms with Crippen molar-refractivity contribution >= 4 is 22.4 Å². The van der Waals surface area contributed by atoms with Gasteiger partial charge in [0, 0.05) is 11.3 Å². The Labute approximate surface area is 133 Å². The van der Waals surface area contributed by atoms with E-state index >= 15 is 0 Å². The Balaban J connectivity index is 1.45. The van der Waals surface area contributed by atoms with Crippen molar-refractivity contribution in [3.8, 4) is 5.75 Å². The Bertz CT molecular complexity index is 662. The molecule has 2 heterocycles. The van der Waals surface area contributed by atoms with Crippen LogP contribution in [0.1, 0.15) is 35.4 Å². The molecule has 0 saturated heterocycles. The number of aryl methyl sites for hydroxylation is 2. The minimum atomic E-state index is -0.443. The molecule has 2 aliphatic rings. The van der Waals surface area contributed by atoms with Crippen LogP contribution in [0.3, 0.4) is 0 Å². The van der Waals surface area contributed by atoms with E-state index < -0.39 is 6.10 Å². The molecule has 5 heteroatoms. The first-order valence-electron chi connectivity index (χ1n) is 7.83. The van der Waals surface area contributed by atoms with Crippen molar-refractivity contribution in [3.63, 3.8) is 0 Å². The van der Waals surface area contributed by atoms with Gasteiger partial charge in [0.05, 0.1) is 5.69 Å². The second-order valence-corrected chi connectivity index (χ2v) is 6.94. The summed E-state index contributed by atoms with van der Waals surface area (Å²) < 4.78 is 5.73. The highest BCUT2D eigenvalue weighted by Crippen LogP contribution is 2.31. The predicted octanol–water partition coefficient (Wildman–Crippen LogP) is 3.35. The summed E-state index contributed by atoms with van der Waals surface area (Å²) in [6.07, 6.45) is 6.02. The van der Waals surface area contributed by atoms with E-state index in [1.165, 1.54) is 29.8 Å². The molecule has 1 aromatic heterocycles. The third-order valence-electron chi connectivity index (χ3n) is 4.27. The number of hydrogen-bond donors (Lipinski definition) is 1. The van der Waals surface area contributed by atoms with Gasteiger partial charge in [0.15, 0.2) is 11.2 Å². The number of amides is 1. The number of anilines is 1. The number of aromatic nitrogens is 1. The van der Waals surface area contributed by atoms with Gasteiger partial charge in [0.1, 0.15) is 5.75 Å². The van der Waals surface area contributed by atoms with Gasteiger partial charge in [-0.15, -0.1) is 11.3 Å². The molecule has 114 valence electrons. The van der Waals surface area contributed by atoms with Crippen molar-refractivity contribution in [2.75, 3.05) is 5.32 Å². The molecule has 1 amide bonds. The number of thiazole rings is 1. The third-order valence-corrected chi connectivity index (χ3v) is 5.34. The van der Waals surface area contributed by atoms with Gasteiger partial charge in [-0.3, -0.25) is 10.1 Å². The fraction of sp³-hybridized carbons (Fsp3) is 0.412. The van der Waals surface area contributed by atoms with E-state index in [0.717, 1.165) is 29.3 Å². The van der Waals surface area contributed by atoms with Crippen molar-refractivity contribution in [1.82, 2.24) is 4.98 Å². The highest BCUT2D eigenvalue weighted by atomic mass is 32.1. The maximum absolute atomic E-state index is 12.4. The van der Waals surface area contributed by atoms with Gasteiger partial charge in [-0.2, -0.15) is 0 Å². The third kappa shape index (κ3) is 2.61. The number of nitrogens with one attached hydrogen (secondary N) is 1. The Morgan fingerprint density at radius 2 is 2.09 bits per heavy atom. The Kier molecular flexibility index (Phi) is 3.58. The van der Waals surface area contributed by atoms with Crippen molar-refractivity contribution in [2.45, 2.75) is 44.6 Å². The molecular formula is C17H18N2O2S. The van der Waals surface area contributed by atoms with Crippen LogP contribution in [0.15, 0.2) is 24.3 Å². The summed E-state index contributed by atoms with van der Waals surface area (Å²) in [6, 6.07) is 7.82. The van der Waals surface area contributed by atoms with E-state index in [-0.39, 0.29) is 5.91 Å². The molecule has 1 atom stereocenters. The Hall–Kier alpha value is -1.88. The quantitative estimate of drug-likeness (QED) is 0.865. The molecule has 2 aromatic rings. The fourth-order valence-electron chi connectivity index (χ4n) is 3.10. The molecule has 1 aromatic carbocycles. The lowest BCUT2D eigenvalue weighted by Crippen LogP contribution is -2.31. The van der Waals surface area contributed by atoms with Crippen molar-refractivity contribution < 1.29 is 9.53 Å². The van der Waals surface area contributed by atoms with Crippen LogP contribution in [0, 0.1) is 0 Å². The normalized spacial score (nSPS) is 19.7. The zero-order valence-corrected chi connectivity index (χ0v) is 13.1. The standard InChI is InChI=1S/C17H18N2O2S/c20-16(14-10-11-6-4-5-8-13(11)21-14)19-17-18-12-7-2-1-3-9-15(12)22-17/h4-6,8,14H,1-3,7,9-10H2,(H,18,19,20). The Morgan fingerprint density at radius 1 is 1.23 bits per heavy atom. The molecule has 4 nitrogen and oxygen atoms in total. The van der Waals surface area contributed by atoms with Crippen LogP contribution in [-0.4, -0.2) is 17.0 Å². The number of rotatable bonds is 2. The van der Waals surface area contributed by atoms with Gasteiger partial charge in [-0.25, -0.2) is 4.98 Å². The van der Waals surface area contributed by atoms with Crippen LogP contribution in [0.25, 0.3) is 0 Å². The molecule has 0 spiro atoms. The number of carbonyl (C=O) groups excluding carboxylic acids is 1. The van der Waals surface area contributed by atoms with Gasteiger partial charge in [-0.05, 0) is 37.3 Å². The first-order valence-corrected chi connectivity index (χ1v) is 8.65. The van der Waals surface area contributed by atoms with E-state index in [9.17, 15) is 4.79 Å². The average Bonchev–Trinajstić information content (AvgIpc) is 3.05. The SMILES string of the molecule is O=C(Nc1nc2c(s1)CCCCC2)C1Cc2ccccc2O1. The summed E-state index contributed by atoms with van der Waals surface area (Å²) in [5.74, 6) is 0.720. The smallest absolute Gasteiger partial charge is 0.267 e. The number of para-hydroxylation sites is 1. The maximum atomic E-state index is 12.4. The van der Waals surface area contributed by atoms with Gasteiger partial charge in [-0.1, -0.05) is 24.6 Å². The molecule has 1 unspecified atom stereocenters. The molecule has 1 N–H and O–H groups in total. The lowest BCUT2D eigenvalue weighted by atomic mass is 10.1. The van der Waals surface area contributed by atoms with Crippen LogP contribution < -0.4 is 10.1 Å². The highest BCUT2D eigenvalue weighted by molar-refractivity contribution is 7.15. The topological polar surface area (TPSA) is 51.2 Å². The zero-order chi connectivity index (χ0) is 14.9. The molecule has 4 rings (SSSR count). The number of hydrogen-bond acceptors (Lipinski definition) is 4. The summed E-state index contributed by atoms with van der Waals surface area (Å²) >= 11 is 1.62. The number of fused-ring (bicyclic) bond motifs is 2. The van der Waals surface area contributed by atoms with Crippen LogP contribution >= 0.6 is 11.3 Å². The summed E-state index contributed by atoms with van der Waals surface area (Å²) in [7, 11) is 0. The maximum Gasteiger partial charge on any atom is 0.267 e. The van der Waals surface area contributed by atoms with E-state index in [2.05, 4.69) is 10.3 Å². The number of benzene rings is 1. The summed E-state index contributed by atoms with van der Waals surface area (Å²) in [5, 5.41) is 3.66. The van der Waals surface area contributed by atoms with Crippen LogP contribution in [-0.2, 0) is 24.1 Å². The van der Waals surface area contributed by atoms with Gasteiger partial charge in [0.2, 0.25) is 0 Å². The molecule has 22 heavy (non-hydrogen) atoms. The first-order chi connectivity index (χ1) is 10.8. The zero-order valence-electron chi connectivity index (χ0n) is 12.3. The predicted molar refractivity (Wildman–Crippen MR) is 86.6 cm³/mol. The summed E-state index contributed by atoms with van der Waals surface area (Å²) in [6.45, 7) is 0. The van der Waals surface area contributed by atoms with E-state index in [0.29, 0.717) is 6.42 Å². The number of ether oxygens (including phenoxy) is 1. The highest BCUT2D eigenvalue weighted by Gasteiger charge is 2.29. The van der Waals surface area contributed by atoms with Crippen molar-refractivity contribution in [2.24, 2.45) is 0 Å². The van der Waals surface area contributed by atoms with Crippen LogP contribution in [0.5, 0.6) is 5.75 Å². The molecule has 1 aliphatic heterocycles. The summed E-state index contributed by atoms with van der Waals surface area (Å²) in [5.41, 5.74) is 2.27. The van der Waals surface area contributed by atoms with Gasteiger partial charge in [0.25, 0.3) is 5.91 Å². The summed E-state index contributed by atoms with van der Waals surface area (Å²) in [4.78, 5) is 18.3. The van der Waals surface area contributed by atoms with Gasteiger partial charge < -0.3 is 4.74 Å². The fourth-order valence-corrected chi connectivity index (χ4v) is 4.15. The molecule has 0 bridgehead atoms. The lowest BCUT2D eigenvalue weighted by Gasteiger charge is -2.09. The molecule has 0 radical (unpaired) electrons. The van der Waals surface area contributed by atoms with E-state index in [1.807, 2.05) is 24.3 Å². The van der Waals surface area contributed by atoms with E-state index in [4.69, 9.17) is 4.74 Å².